The first-order valence-electron chi connectivity index (χ1n) is 4.50. The van der Waals surface area contributed by atoms with Crippen LogP contribution in [-0.4, -0.2) is 10.1 Å². The minimum atomic E-state index is 0.287. The molecule has 1 aromatic carbocycles. The van der Waals surface area contributed by atoms with E-state index >= 15 is 0 Å². The van der Waals surface area contributed by atoms with E-state index < -0.39 is 0 Å². The van der Waals surface area contributed by atoms with E-state index in [1.807, 2.05) is 30.5 Å². The predicted molar refractivity (Wildman–Crippen MR) is 56.2 cm³/mol. The Labute approximate surface area is 82.4 Å². The highest BCUT2D eigenvalue weighted by atomic mass is 16.3. The van der Waals surface area contributed by atoms with Gasteiger partial charge in [-0.05, 0) is 36.4 Å². The topological polar surface area (TPSA) is 48.0 Å². The maximum Gasteiger partial charge on any atom is 0.115 e. The molecule has 0 aliphatic rings. The second-order valence-electron chi connectivity index (χ2n) is 3.10. The molecule has 1 aromatic heterocycles. The lowest BCUT2D eigenvalue weighted by molar-refractivity contribution is 0.475. The van der Waals surface area contributed by atoms with Gasteiger partial charge in [0.25, 0.3) is 0 Å². The molecule has 72 valence electrons. The minimum Gasteiger partial charge on any atom is -0.508 e. The number of rotatable bonds is 3. The fourth-order valence-electron chi connectivity index (χ4n) is 1.25. The Kier molecular flexibility index (Phi) is 2.40. The van der Waals surface area contributed by atoms with E-state index in [0.29, 0.717) is 0 Å². The van der Waals surface area contributed by atoms with E-state index in [1.165, 1.54) is 0 Å². The smallest absolute Gasteiger partial charge is 0.115 e. The first kappa shape index (κ1) is 8.69. The molecule has 0 aliphatic carbocycles. The van der Waals surface area contributed by atoms with Gasteiger partial charge in [-0.25, -0.2) is 0 Å². The van der Waals surface area contributed by atoms with E-state index in [0.717, 1.165) is 17.9 Å². The average molecular weight is 188 g/mol. The van der Waals surface area contributed by atoms with Gasteiger partial charge >= 0.3 is 0 Å². The molecule has 14 heavy (non-hydrogen) atoms. The second-order valence-corrected chi connectivity index (χ2v) is 3.10. The van der Waals surface area contributed by atoms with Crippen LogP contribution in [0.3, 0.4) is 0 Å². The summed E-state index contributed by atoms with van der Waals surface area (Å²) in [6, 6.07) is 11.0. The van der Waals surface area contributed by atoms with Gasteiger partial charge in [-0.3, -0.25) is 0 Å². The second kappa shape index (κ2) is 3.87. The molecule has 0 fully saturated rings. The Morgan fingerprint density at radius 1 is 1.14 bits per heavy atom. The van der Waals surface area contributed by atoms with Crippen molar-refractivity contribution in [2.24, 2.45) is 0 Å². The summed E-state index contributed by atoms with van der Waals surface area (Å²) in [4.78, 5) is 3.11. The fourth-order valence-corrected chi connectivity index (χ4v) is 1.25. The molecule has 0 radical (unpaired) electrons. The van der Waals surface area contributed by atoms with Crippen LogP contribution in [0.5, 0.6) is 5.75 Å². The summed E-state index contributed by atoms with van der Waals surface area (Å²) in [5, 5.41) is 12.3. The summed E-state index contributed by atoms with van der Waals surface area (Å²) < 4.78 is 0. The molecule has 0 saturated carbocycles. The summed E-state index contributed by atoms with van der Waals surface area (Å²) in [7, 11) is 0. The van der Waals surface area contributed by atoms with Crippen molar-refractivity contribution >= 4 is 5.69 Å². The highest BCUT2D eigenvalue weighted by molar-refractivity contribution is 5.46. The molecule has 3 N–H and O–H groups in total. The predicted octanol–water partition coefficient (Wildman–Crippen LogP) is 2.33. The SMILES string of the molecule is Oc1ccc(NCc2ccc[nH]2)cc1. The third-order valence-electron chi connectivity index (χ3n) is 2.01. The molecule has 1 heterocycles. The van der Waals surface area contributed by atoms with Crippen molar-refractivity contribution in [1.82, 2.24) is 4.98 Å². The summed E-state index contributed by atoms with van der Waals surface area (Å²) >= 11 is 0. The molecular formula is C11H12N2O. The molecule has 0 aliphatic heterocycles. The van der Waals surface area contributed by atoms with Gasteiger partial charge in [0.1, 0.15) is 5.75 Å². The Balaban J connectivity index is 1.95. The third-order valence-corrected chi connectivity index (χ3v) is 2.01. The first-order chi connectivity index (χ1) is 6.84. The minimum absolute atomic E-state index is 0.287. The van der Waals surface area contributed by atoms with Crippen LogP contribution < -0.4 is 5.32 Å². The molecule has 0 spiro atoms. The van der Waals surface area contributed by atoms with Gasteiger partial charge in [-0.1, -0.05) is 0 Å². The standard InChI is InChI=1S/C11H12N2O/c14-11-5-3-9(4-6-11)13-8-10-2-1-7-12-10/h1-7,12-14H,8H2. The highest BCUT2D eigenvalue weighted by Gasteiger charge is 1.93. The number of phenols is 1. The average Bonchev–Trinajstić information content (AvgIpc) is 2.70. The van der Waals surface area contributed by atoms with Crippen LogP contribution in [-0.2, 0) is 6.54 Å². The monoisotopic (exact) mass is 188 g/mol. The first-order valence-corrected chi connectivity index (χ1v) is 4.50. The quantitative estimate of drug-likeness (QED) is 0.647. The van der Waals surface area contributed by atoms with Crippen LogP contribution in [0, 0.1) is 0 Å². The van der Waals surface area contributed by atoms with Crippen LogP contribution in [0.1, 0.15) is 5.69 Å². The Morgan fingerprint density at radius 2 is 1.93 bits per heavy atom. The summed E-state index contributed by atoms with van der Waals surface area (Å²) in [6.45, 7) is 0.762. The summed E-state index contributed by atoms with van der Waals surface area (Å²) in [5.41, 5.74) is 2.13. The third kappa shape index (κ3) is 2.07. The van der Waals surface area contributed by atoms with Gasteiger partial charge in [0.05, 0.1) is 6.54 Å². The number of hydrogen-bond donors (Lipinski definition) is 3. The van der Waals surface area contributed by atoms with Crippen molar-refractivity contribution in [3.63, 3.8) is 0 Å². The number of benzene rings is 1. The lowest BCUT2D eigenvalue weighted by Gasteiger charge is -2.04. The maximum absolute atomic E-state index is 9.07. The van der Waals surface area contributed by atoms with Crippen LogP contribution in [0.15, 0.2) is 42.6 Å². The normalized spacial score (nSPS) is 10.0. The molecule has 3 heteroatoms. The van der Waals surface area contributed by atoms with Gasteiger partial charge in [0.15, 0.2) is 0 Å². The zero-order valence-electron chi connectivity index (χ0n) is 7.70. The fraction of sp³-hybridized carbons (Fsp3) is 0.0909. The van der Waals surface area contributed by atoms with Gasteiger partial charge in [-0.15, -0.1) is 0 Å². The molecule has 0 amide bonds. The van der Waals surface area contributed by atoms with Crippen molar-refractivity contribution in [1.29, 1.82) is 0 Å². The number of phenolic OH excluding ortho intramolecular Hbond substituents is 1. The van der Waals surface area contributed by atoms with Crippen LogP contribution in [0.2, 0.25) is 0 Å². The van der Waals surface area contributed by atoms with Gasteiger partial charge in [0.2, 0.25) is 0 Å². The molecule has 3 nitrogen and oxygen atoms in total. The van der Waals surface area contributed by atoms with E-state index in [-0.39, 0.29) is 5.75 Å². The van der Waals surface area contributed by atoms with E-state index in [2.05, 4.69) is 10.3 Å². The zero-order chi connectivity index (χ0) is 9.80. The number of hydrogen-bond acceptors (Lipinski definition) is 2. The van der Waals surface area contributed by atoms with Crippen molar-refractivity contribution < 1.29 is 5.11 Å². The molecule has 0 bridgehead atoms. The lowest BCUT2D eigenvalue weighted by atomic mass is 10.3. The van der Waals surface area contributed by atoms with Crippen LogP contribution in [0.25, 0.3) is 0 Å². The van der Waals surface area contributed by atoms with Crippen molar-refractivity contribution in [2.45, 2.75) is 6.54 Å². The van der Waals surface area contributed by atoms with Gasteiger partial charge in [-0.2, -0.15) is 0 Å². The summed E-state index contributed by atoms with van der Waals surface area (Å²) in [6.07, 6.45) is 1.90. The molecule has 0 saturated heterocycles. The van der Waals surface area contributed by atoms with E-state index in [4.69, 9.17) is 5.11 Å². The Hall–Kier alpha value is -1.90. The Bertz CT molecular complexity index is 378. The van der Waals surface area contributed by atoms with E-state index in [1.54, 1.807) is 12.1 Å². The largest absolute Gasteiger partial charge is 0.508 e. The number of H-pyrrole nitrogens is 1. The highest BCUT2D eigenvalue weighted by Crippen LogP contribution is 2.14. The number of anilines is 1. The van der Waals surface area contributed by atoms with Gasteiger partial charge in [0, 0.05) is 17.6 Å². The number of aromatic amines is 1. The van der Waals surface area contributed by atoms with Gasteiger partial charge < -0.3 is 15.4 Å². The molecule has 0 atom stereocenters. The molecule has 0 unspecified atom stereocenters. The Morgan fingerprint density at radius 3 is 2.57 bits per heavy atom. The van der Waals surface area contributed by atoms with Crippen LogP contribution >= 0.6 is 0 Å². The number of aromatic hydroxyl groups is 1. The maximum atomic E-state index is 9.07. The van der Waals surface area contributed by atoms with Crippen molar-refractivity contribution in [3.05, 3.63) is 48.3 Å². The van der Waals surface area contributed by atoms with E-state index in [9.17, 15) is 0 Å². The molecule has 2 rings (SSSR count). The zero-order valence-corrected chi connectivity index (χ0v) is 7.70. The van der Waals surface area contributed by atoms with Crippen LogP contribution in [0.4, 0.5) is 5.69 Å². The molecule has 2 aromatic rings. The lowest BCUT2D eigenvalue weighted by Crippen LogP contribution is -1.98. The van der Waals surface area contributed by atoms with Crippen molar-refractivity contribution in [2.75, 3.05) is 5.32 Å². The summed E-state index contributed by atoms with van der Waals surface area (Å²) in [5.74, 6) is 0.287. The number of aromatic nitrogens is 1. The van der Waals surface area contributed by atoms with Crippen molar-refractivity contribution in [3.8, 4) is 5.75 Å². The molecular weight excluding hydrogens is 176 g/mol. The number of nitrogens with one attached hydrogen (secondary N) is 2.